The molecule has 0 bridgehead atoms. The van der Waals surface area contributed by atoms with Crippen LogP contribution in [0, 0.1) is 0 Å². The van der Waals surface area contributed by atoms with Crippen LogP contribution in [0.25, 0.3) is 0 Å². The standard InChI is InChI=1S/C15H13ClO3/c1-18-15(17)11-6-8-13(9-7-11)19-10-12-4-2-3-5-14(12)16/h2-9H,10H2,1H3. The van der Waals surface area contributed by atoms with Crippen molar-refractivity contribution in [1.29, 1.82) is 0 Å². The number of carbonyl (C=O) groups is 1. The second-order valence-electron chi connectivity index (χ2n) is 3.90. The molecule has 0 aliphatic heterocycles. The van der Waals surface area contributed by atoms with E-state index in [-0.39, 0.29) is 5.97 Å². The van der Waals surface area contributed by atoms with Gasteiger partial charge in [0.1, 0.15) is 12.4 Å². The van der Waals surface area contributed by atoms with Crippen molar-refractivity contribution in [1.82, 2.24) is 0 Å². The quantitative estimate of drug-likeness (QED) is 0.799. The van der Waals surface area contributed by atoms with Gasteiger partial charge in [0.15, 0.2) is 0 Å². The van der Waals surface area contributed by atoms with Crippen LogP contribution in [-0.2, 0) is 11.3 Å². The maximum atomic E-state index is 11.3. The lowest BCUT2D eigenvalue weighted by molar-refractivity contribution is 0.0600. The summed E-state index contributed by atoms with van der Waals surface area (Å²) in [6, 6.07) is 14.3. The summed E-state index contributed by atoms with van der Waals surface area (Å²) in [5, 5.41) is 0.675. The van der Waals surface area contributed by atoms with Gasteiger partial charge in [0, 0.05) is 10.6 Å². The summed E-state index contributed by atoms with van der Waals surface area (Å²) in [4.78, 5) is 11.3. The van der Waals surface area contributed by atoms with Crippen molar-refractivity contribution in [2.75, 3.05) is 7.11 Å². The van der Waals surface area contributed by atoms with Crippen molar-refractivity contribution in [2.24, 2.45) is 0 Å². The second-order valence-corrected chi connectivity index (χ2v) is 4.30. The summed E-state index contributed by atoms with van der Waals surface area (Å²) in [7, 11) is 1.35. The summed E-state index contributed by atoms with van der Waals surface area (Å²) >= 11 is 6.03. The molecule has 2 rings (SSSR count). The van der Waals surface area contributed by atoms with Gasteiger partial charge in [-0.2, -0.15) is 0 Å². The van der Waals surface area contributed by atoms with E-state index in [0.717, 1.165) is 5.56 Å². The molecule has 0 unspecified atom stereocenters. The first-order chi connectivity index (χ1) is 9.20. The zero-order chi connectivity index (χ0) is 13.7. The number of benzene rings is 2. The normalized spacial score (nSPS) is 10.0. The molecule has 2 aromatic rings. The predicted molar refractivity (Wildman–Crippen MR) is 73.6 cm³/mol. The molecule has 3 nitrogen and oxygen atoms in total. The number of rotatable bonds is 4. The van der Waals surface area contributed by atoms with Gasteiger partial charge in [0.2, 0.25) is 0 Å². The lowest BCUT2D eigenvalue weighted by Gasteiger charge is -2.08. The molecule has 0 fully saturated rings. The second kappa shape index (κ2) is 6.25. The molecule has 4 heteroatoms. The summed E-state index contributed by atoms with van der Waals surface area (Å²) in [5.74, 6) is 0.310. The van der Waals surface area contributed by atoms with Crippen molar-refractivity contribution in [2.45, 2.75) is 6.61 Å². The fourth-order valence-corrected chi connectivity index (χ4v) is 1.77. The molecule has 19 heavy (non-hydrogen) atoms. The van der Waals surface area contributed by atoms with E-state index < -0.39 is 0 Å². The minimum absolute atomic E-state index is 0.363. The number of halogens is 1. The molecule has 98 valence electrons. The molecule has 0 saturated heterocycles. The fraction of sp³-hybridized carbons (Fsp3) is 0.133. The number of methoxy groups -OCH3 is 1. The number of hydrogen-bond acceptors (Lipinski definition) is 3. The molecule has 0 aromatic heterocycles. The van der Waals surface area contributed by atoms with E-state index in [4.69, 9.17) is 16.3 Å². The first-order valence-corrected chi connectivity index (χ1v) is 6.13. The van der Waals surface area contributed by atoms with Crippen LogP contribution in [-0.4, -0.2) is 13.1 Å². The monoisotopic (exact) mass is 276 g/mol. The van der Waals surface area contributed by atoms with E-state index >= 15 is 0 Å². The third-order valence-electron chi connectivity index (χ3n) is 2.63. The molecule has 0 radical (unpaired) electrons. The highest BCUT2D eigenvalue weighted by molar-refractivity contribution is 6.31. The van der Waals surface area contributed by atoms with Gasteiger partial charge in [-0.1, -0.05) is 29.8 Å². The maximum Gasteiger partial charge on any atom is 0.337 e. The highest BCUT2D eigenvalue weighted by atomic mass is 35.5. The topological polar surface area (TPSA) is 35.5 Å². The largest absolute Gasteiger partial charge is 0.489 e. The van der Waals surface area contributed by atoms with E-state index in [1.807, 2.05) is 24.3 Å². The molecular weight excluding hydrogens is 264 g/mol. The van der Waals surface area contributed by atoms with Crippen LogP contribution in [0.2, 0.25) is 5.02 Å². The average molecular weight is 277 g/mol. The Morgan fingerprint density at radius 3 is 2.42 bits per heavy atom. The Morgan fingerprint density at radius 2 is 1.79 bits per heavy atom. The SMILES string of the molecule is COC(=O)c1ccc(OCc2ccccc2Cl)cc1. The fourth-order valence-electron chi connectivity index (χ4n) is 1.58. The smallest absolute Gasteiger partial charge is 0.337 e. The van der Waals surface area contributed by atoms with Crippen molar-refractivity contribution >= 4 is 17.6 Å². The van der Waals surface area contributed by atoms with Crippen LogP contribution in [0.15, 0.2) is 48.5 Å². The highest BCUT2D eigenvalue weighted by Crippen LogP contribution is 2.19. The van der Waals surface area contributed by atoms with Crippen molar-refractivity contribution in [3.63, 3.8) is 0 Å². The lowest BCUT2D eigenvalue weighted by atomic mass is 10.2. The Hall–Kier alpha value is -2.00. The number of carbonyl (C=O) groups excluding carboxylic acids is 1. The van der Waals surface area contributed by atoms with Crippen LogP contribution in [0.4, 0.5) is 0 Å². The lowest BCUT2D eigenvalue weighted by Crippen LogP contribution is -2.01. The first kappa shape index (κ1) is 13.4. The van der Waals surface area contributed by atoms with Crippen LogP contribution in [0.3, 0.4) is 0 Å². The van der Waals surface area contributed by atoms with E-state index in [9.17, 15) is 4.79 Å². The van der Waals surface area contributed by atoms with E-state index in [2.05, 4.69) is 4.74 Å². The summed E-state index contributed by atoms with van der Waals surface area (Å²) in [5.41, 5.74) is 1.41. The molecule has 0 atom stereocenters. The number of hydrogen-bond donors (Lipinski definition) is 0. The Bertz CT molecular complexity index is 564. The predicted octanol–water partition coefficient (Wildman–Crippen LogP) is 3.71. The third kappa shape index (κ3) is 3.48. The molecule has 0 aliphatic rings. The average Bonchev–Trinajstić information content (AvgIpc) is 2.46. The van der Waals surface area contributed by atoms with Gasteiger partial charge >= 0.3 is 5.97 Å². The zero-order valence-electron chi connectivity index (χ0n) is 10.4. The van der Waals surface area contributed by atoms with Crippen molar-refractivity contribution in [3.8, 4) is 5.75 Å². The maximum absolute atomic E-state index is 11.3. The molecule has 0 N–H and O–H groups in total. The molecule has 0 heterocycles. The minimum atomic E-state index is -0.363. The minimum Gasteiger partial charge on any atom is -0.489 e. The summed E-state index contributed by atoms with van der Waals surface area (Å²) < 4.78 is 10.2. The van der Waals surface area contributed by atoms with Crippen LogP contribution < -0.4 is 4.74 Å². The summed E-state index contributed by atoms with van der Waals surface area (Å²) in [6.07, 6.45) is 0. The van der Waals surface area contributed by atoms with E-state index in [1.165, 1.54) is 7.11 Å². The highest BCUT2D eigenvalue weighted by Gasteiger charge is 2.05. The van der Waals surface area contributed by atoms with Crippen LogP contribution >= 0.6 is 11.6 Å². The van der Waals surface area contributed by atoms with Crippen molar-refractivity contribution < 1.29 is 14.3 Å². The van der Waals surface area contributed by atoms with Gasteiger partial charge in [-0.3, -0.25) is 0 Å². The van der Waals surface area contributed by atoms with Gasteiger partial charge in [0.05, 0.1) is 12.7 Å². The Labute approximate surface area is 116 Å². The molecule has 0 amide bonds. The third-order valence-corrected chi connectivity index (χ3v) is 3.00. The van der Waals surface area contributed by atoms with Gasteiger partial charge in [-0.05, 0) is 30.3 Å². The van der Waals surface area contributed by atoms with Gasteiger partial charge in [-0.15, -0.1) is 0 Å². The Balaban J connectivity index is 2.01. The van der Waals surface area contributed by atoms with E-state index in [1.54, 1.807) is 24.3 Å². The van der Waals surface area contributed by atoms with Crippen LogP contribution in [0.5, 0.6) is 5.75 Å². The zero-order valence-corrected chi connectivity index (χ0v) is 11.2. The Morgan fingerprint density at radius 1 is 1.11 bits per heavy atom. The number of ether oxygens (including phenoxy) is 2. The van der Waals surface area contributed by atoms with E-state index in [0.29, 0.717) is 22.9 Å². The molecular formula is C15H13ClO3. The van der Waals surface area contributed by atoms with Crippen LogP contribution in [0.1, 0.15) is 15.9 Å². The molecule has 0 aliphatic carbocycles. The van der Waals surface area contributed by atoms with Gasteiger partial charge in [0.25, 0.3) is 0 Å². The first-order valence-electron chi connectivity index (χ1n) is 5.75. The number of esters is 1. The van der Waals surface area contributed by atoms with Gasteiger partial charge in [-0.25, -0.2) is 4.79 Å². The molecule has 0 saturated carbocycles. The summed E-state index contributed by atoms with van der Waals surface area (Å²) in [6.45, 7) is 0.386. The molecule has 2 aromatic carbocycles. The van der Waals surface area contributed by atoms with Crippen molar-refractivity contribution in [3.05, 3.63) is 64.7 Å². The Kier molecular flexibility index (Phi) is 4.42. The molecule has 0 spiro atoms. The van der Waals surface area contributed by atoms with Gasteiger partial charge < -0.3 is 9.47 Å².